The number of nitrogens with one attached hydrogen (secondary N) is 2. The molecule has 6 N–H and O–H groups in total. The van der Waals surface area contributed by atoms with Crippen molar-refractivity contribution in [1.29, 1.82) is 5.41 Å². The molecule has 0 heterocycles. The van der Waals surface area contributed by atoms with E-state index in [9.17, 15) is 17.6 Å². The van der Waals surface area contributed by atoms with Crippen molar-refractivity contribution in [2.75, 3.05) is 5.32 Å². The largest absolute Gasteiger partial charge is 0.384 e. The number of amides is 1. The molecule has 3 aromatic rings. The smallest absolute Gasteiger partial charge is 0.284 e. The molecule has 0 fully saturated rings. The molecule has 0 radical (unpaired) electrons. The third-order valence-corrected chi connectivity index (χ3v) is 5.75. The fourth-order valence-electron chi connectivity index (χ4n) is 3.09. The molecule has 0 atom stereocenters. The lowest BCUT2D eigenvalue weighted by Gasteiger charge is -2.10. The number of nitrogens with two attached hydrogens (primary N) is 2. The van der Waals surface area contributed by atoms with Crippen LogP contribution in [0.15, 0.2) is 83.5 Å². The standard InChI is InChI=1S/C23H21FN4O3S/c1-14(16-5-4-6-17(13-16)22(25)26)21(24)23(29)28-18-11-9-15(10-12-18)19-7-2-3-8-20(19)32(27,30)31/h2-13H,1H3,(H3,25,26)(H,28,29)(H2,27,30,31)/b21-14+. The number of anilines is 1. The van der Waals surface area contributed by atoms with Gasteiger partial charge >= 0.3 is 0 Å². The van der Waals surface area contributed by atoms with E-state index >= 15 is 0 Å². The molecule has 0 unspecified atom stereocenters. The van der Waals surface area contributed by atoms with Gasteiger partial charge in [0.25, 0.3) is 5.91 Å². The number of benzene rings is 3. The fourth-order valence-corrected chi connectivity index (χ4v) is 3.85. The van der Waals surface area contributed by atoms with Gasteiger partial charge in [-0.3, -0.25) is 10.2 Å². The molecule has 9 heteroatoms. The molecule has 0 saturated heterocycles. The summed E-state index contributed by atoms with van der Waals surface area (Å²) < 4.78 is 38.3. The van der Waals surface area contributed by atoms with Crippen LogP contribution in [0.1, 0.15) is 18.1 Å². The fraction of sp³-hybridized carbons (Fsp3) is 0.0435. The summed E-state index contributed by atoms with van der Waals surface area (Å²) >= 11 is 0. The van der Waals surface area contributed by atoms with Crippen LogP contribution in [0.3, 0.4) is 0 Å². The van der Waals surface area contributed by atoms with Crippen molar-refractivity contribution in [2.45, 2.75) is 11.8 Å². The summed E-state index contributed by atoms with van der Waals surface area (Å²) in [5.74, 6) is -2.07. The van der Waals surface area contributed by atoms with Crippen LogP contribution in [0.4, 0.5) is 10.1 Å². The van der Waals surface area contributed by atoms with Gasteiger partial charge in [-0.1, -0.05) is 48.5 Å². The number of primary sulfonamides is 1. The quantitative estimate of drug-likeness (QED) is 0.258. The van der Waals surface area contributed by atoms with Crippen molar-refractivity contribution < 1.29 is 17.6 Å². The number of sulfonamides is 1. The Morgan fingerprint density at radius 2 is 1.59 bits per heavy atom. The van der Waals surface area contributed by atoms with Gasteiger partial charge in [0.05, 0.1) is 4.90 Å². The predicted molar refractivity (Wildman–Crippen MR) is 123 cm³/mol. The van der Waals surface area contributed by atoms with Crippen molar-refractivity contribution in [3.05, 3.63) is 89.8 Å². The zero-order valence-electron chi connectivity index (χ0n) is 17.1. The third kappa shape index (κ3) is 5.08. The maximum atomic E-state index is 14.7. The molecule has 1 amide bonds. The Bertz CT molecular complexity index is 1330. The number of hydrogen-bond donors (Lipinski definition) is 4. The second-order valence-electron chi connectivity index (χ2n) is 7.01. The van der Waals surface area contributed by atoms with Crippen LogP contribution in [0, 0.1) is 5.41 Å². The highest BCUT2D eigenvalue weighted by Gasteiger charge is 2.16. The normalized spacial score (nSPS) is 12.1. The molecule has 32 heavy (non-hydrogen) atoms. The van der Waals surface area contributed by atoms with Crippen molar-refractivity contribution >= 4 is 33.0 Å². The lowest BCUT2D eigenvalue weighted by molar-refractivity contribution is -0.114. The minimum atomic E-state index is -3.91. The van der Waals surface area contributed by atoms with Crippen molar-refractivity contribution in [3.8, 4) is 11.1 Å². The molecule has 0 aliphatic carbocycles. The summed E-state index contributed by atoms with van der Waals surface area (Å²) in [6, 6.07) is 18.9. The first-order valence-corrected chi connectivity index (χ1v) is 11.0. The highest BCUT2D eigenvalue weighted by Crippen LogP contribution is 2.28. The van der Waals surface area contributed by atoms with Crippen molar-refractivity contribution in [1.82, 2.24) is 0 Å². The second kappa shape index (κ2) is 9.13. The highest BCUT2D eigenvalue weighted by atomic mass is 32.2. The van der Waals surface area contributed by atoms with Gasteiger partial charge in [0.15, 0.2) is 5.83 Å². The van der Waals surface area contributed by atoms with Crippen molar-refractivity contribution in [2.24, 2.45) is 10.9 Å². The van der Waals surface area contributed by atoms with Gasteiger partial charge in [0.1, 0.15) is 5.84 Å². The number of hydrogen-bond acceptors (Lipinski definition) is 4. The van der Waals surface area contributed by atoms with E-state index < -0.39 is 21.8 Å². The predicted octanol–water partition coefficient (Wildman–Crippen LogP) is 3.62. The van der Waals surface area contributed by atoms with Crippen LogP contribution in [-0.2, 0) is 14.8 Å². The van der Waals surface area contributed by atoms with Gasteiger partial charge in [-0.05, 0) is 47.9 Å². The maximum absolute atomic E-state index is 14.7. The van der Waals surface area contributed by atoms with E-state index in [0.717, 1.165) is 0 Å². The van der Waals surface area contributed by atoms with E-state index in [4.69, 9.17) is 16.3 Å². The number of allylic oxidation sites excluding steroid dienone is 1. The Labute approximate surface area is 185 Å². The molecule has 0 aliphatic rings. The molecule has 3 rings (SSSR count). The molecular weight excluding hydrogens is 431 g/mol. The van der Waals surface area contributed by atoms with Crippen LogP contribution < -0.4 is 16.2 Å². The van der Waals surface area contributed by atoms with Gasteiger partial charge in [-0.2, -0.15) is 0 Å². The SMILES string of the molecule is C/C(=C(\F)C(=O)Nc1ccc(-c2ccccc2S(N)(=O)=O)cc1)c1cccc(C(=N)N)c1. The average Bonchev–Trinajstić information content (AvgIpc) is 2.78. The van der Waals surface area contributed by atoms with E-state index in [0.29, 0.717) is 27.9 Å². The average molecular weight is 453 g/mol. The lowest BCUT2D eigenvalue weighted by atomic mass is 10.0. The van der Waals surface area contributed by atoms with Crippen LogP contribution in [0.25, 0.3) is 16.7 Å². The maximum Gasteiger partial charge on any atom is 0.284 e. The topological polar surface area (TPSA) is 139 Å². The Kier molecular flexibility index (Phi) is 6.52. The van der Waals surface area contributed by atoms with E-state index in [-0.39, 0.29) is 16.3 Å². The number of amidine groups is 1. The highest BCUT2D eigenvalue weighted by molar-refractivity contribution is 7.89. The molecule has 0 aromatic heterocycles. The minimum absolute atomic E-state index is 0.0193. The Morgan fingerprint density at radius 1 is 0.969 bits per heavy atom. The molecule has 7 nitrogen and oxygen atoms in total. The minimum Gasteiger partial charge on any atom is -0.384 e. The third-order valence-electron chi connectivity index (χ3n) is 4.78. The Morgan fingerprint density at radius 3 is 2.22 bits per heavy atom. The molecular formula is C23H21FN4O3S. The van der Waals surface area contributed by atoms with Crippen LogP contribution >= 0.6 is 0 Å². The van der Waals surface area contributed by atoms with Crippen LogP contribution in [0.5, 0.6) is 0 Å². The molecule has 0 bridgehead atoms. The van der Waals surface area contributed by atoms with E-state index in [1.54, 1.807) is 48.5 Å². The van der Waals surface area contributed by atoms with Crippen LogP contribution in [-0.4, -0.2) is 20.2 Å². The monoisotopic (exact) mass is 452 g/mol. The second-order valence-corrected chi connectivity index (χ2v) is 8.54. The van der Waals surface area contributed by atoms with E-state index in [1.165, 1.54) is 31.2 Å². The molecule has 3 aromatic carbocycles. The molecule has 0 aliphatic heterocycles. The lowest BCUT2D eigenvalue weighted by Crippen LogP contribution is -2.14. The summed E-state index contributed by atoms with van der Waals surface area (Å²) in [5, 5.41) is 15.2. The first-order chi connectivity index (χ1) is 15.1. The van der Waals surface area contributed by atoms with Gasteiger partial charge in [0.2, 0.25) is 10.0 Å². The van der Waals surface area contributed by atoms with E-state index in [1.807, 2.05) is 0 Å². The van der Waals surface area contributed by atoms with Crippen molar-refractivity contribution in [3.63, 3.8) is 0 Å². The first-order valence-electron chi connectivity index (χ1n) is 9.43. The molecule has 0 spiro atoms. The van der Waals surface area contributed by atoms with Gasteiger partial charge < -0.3 is 11.1 Å². The Balaban J connectivity index is 1.83. The number of rotatable bonds is 6. The summed E-state index contributed by atoms with van der Waals surface area (Å²) in [7, 11) is -3.91. The van der Waals surface area contributed by atoms with E-state index in [2.05, 4.69) is 5.32 Å². The first kappa shape index (κ1) is 22.9. The van der Waals surface area contributed by atoms with Gasteiger partial charge in [-0.25, -0.2) is 17.9 Å². The molecule has 164 valence electrons. The summed E-state index contributed by atoms with van der Waals surface area (Å²) in [5.41, 5.74) is 7.73. The number of carbonyl (C=O) groups is 1. The Hall–Kier alpha value is -3.82. The van der Waals surface area contributed by atoms with Gasteiger partial charge in [-0.15, -0.1) is 0 Å². The number of nitrogen functional groups attached to an aromatic ring is 1. The zero-order valence-corrected chi connectivity index (χ0v) is 17.9. The molecule has 0 saturated carbocycles. The zero-order chi connectivity index (χ0) is 23.5. The summed E-state index contributed by atoms with van der Waals surface area (Å²) in [4.78, 5) is 12.4. The summed E-state index contributed by atoms with van der Waals surface area (Å²) in [6.07, 6.45) is 0. The number of carbonyl (C=O) groups excluding carboxylic acids is 1. The number of halogens is 1. The van der Waals surface area contributed by atoms with Crippen LogP contribution in [0.2, 0.25) is 0 Å². The summed E-state index contributed by atoms with van der Waals surface area (Å²) in [6.45, 7) is 1.46. The van der Waals surface area contributed by atoms with Gasteiger partial charge in [0, 0.05) is 16.8 Å².